The van der Waals surface area contributed by atoms with Crippen molar-refractivity contribution in [2.75, 3.05) is 23.4 Å². The molecule has 1 fully saturated rings. The van der Waals surface area contributed by atoms with E-state index in [1.807, 2.05) is 41.7 Å². The molecule has 3 rings (SSSR count). The number of para-hydroxylation sites is 1. The molecule has 1 aliphatic heterocycles. The number of rotatable bonds is 7. The molecule has 0 aliphatic carbocycles. The zero-order valence-electron chi connectivity index (χ0n) is 15.3. The van der Waals surface area contributed by atoms with Gasteiger partial charge in [0, 0.05) is 17.2 Å². The maximum Gasteiger partial charge on any atom is 0.262 e. The van der Waals surface area contributed by atoms with Crippen molar-refractivity contribution < 1.29 is 9.53 Å². The third-order valence-electron chi connectivity index (χ3n) is 4.41. The molecule has 0 bridgehead atoms. The molecule has 138 valence electrons. The van der Waals surface area contributed by atoms with E-state index in [0.717, 1.165) is 35.4 Å². The molecule has 1 aliphatic rings. The van der Waals surface area contributed by atoms with E-state index in [-0.39, 0.29) is 12.5 Å². The lowest BCUT2D eigenvalue weighted by Gasteiger charge is -2.15. The van der Waals surface area contributed by atoms with Gasteiger partial charge in [-0.1, -0.05) is 44.2 Å². The van der Waals surface area contributed by atoms with Gasteiger partial charge in [-0.3, -0.25) is 4.79 Å². The molecular weight excluding hydrogens is 362 g/mol. The maximum atomic E-state index is 12.4. The highest BCUT2D eigenvalue weighted by molar-refractivity contribution is 8.19. The van der Waals surface area contributed by atoms with Crippen LogP contribution in [0.5, 0.6) is 5.75 Å². The van der Waals surface area contributed by atoms with Crippen molar-refractivity contribution in [3.8, 4) is 5.75 Å². The lowest BCUT2D eigenvalue weighted by molar-refractivity contribution is -0.118. The fraction of sp³-hybridized carbons (Fsp3) is 0.381. The van der Waals surface area contributed by atoms with Crippen LogP contribution < -0.4 is 10.1 Å². The minimum Gasteiger partial charge on any atom is -0.484 e. The molecular formula is C21H25NO2S2. The van der Waals surface area contributed by atoms with Crippen molar-refractivity contribution in [1.29, 1.82) is 0 Å². The summed E-state index contributed by atoms with van der Waals surface area (Å²) in [5.41, 5.74) is 4.58. The molecule has 0 radical (unpaired) electrons. The molecule has 1 N–H and O–H groups in total. The number of aryl methyl sites for hydroxylation is 2. The molecule has 1 heterocycles. The Balaban J connectivity index is 1.57. The number of hydrogen-bond donors (Lipinski definition) is 1. The first-order valence-electron chi connectivity index (χ1n) is 9.07. The van der Waals surface area contributed by atoms with Crippen molar-refractivity contribution in [3.05, 3.63) is 59.2 Å². The molecule has 2 aromatic rings. The molecule has 3 nitrogen and oxygen atoms in total. The fourth-order valence-electron chi connectivity index (χ4n) is 3.00. The average Bonchev–Trinajstić information content (AvgIpc) is 3.21. The van der Waals surface area contributed by atoms with Crippen molar-refractivity contribution in [2.24, 2.45) is 0 Å². The van der Waals surface area contributed by atoms with Crippen LogP contribution in [0.3, 0.4) is 0 Å². The molecule has 26 heavy (non-hydrogen) atoms. The Bertz CT molecular complexity index is 718. The second-order valence-electron chi connectivity index (χ2n) is 6.14. The van der Waals surface area contributed by atoms with Crippen LogP contribution in [0.4, 0.5) is 5.69 Å². The van der Waals surface area contributed by atoms with Gasteiger partial charge in [0.25, 0.3) is 5.91 Å². The van der Waals surface area contributed by atoms with Crippen LogP contribution in [0, 0.1) is 0 Å². The maximum absolute atomic E-state index is 12.4. The van der Waals surface area contributed by atoms with Gasteiger partial charge in [-0.15, -0.1) is 23.5 Å². The molecule has 0 unspecified atom stereocenters. The second-order valence-corrected chi connectivity index (χ2v) is 8.86. The number of carbonyl (C=O) groups is 1. The first-order valence-corrected chi connectivity index (χ1v) is 11.2. The van der Waals surface area contributed by atoms with Gasteiger partial charge in [0.05, 0.1) is 4.58 Å². The van der Waals surface area contributed by atoms with E-state index in [9.17, 15) is 4.79 Å². The predicted octanol–water partition coefficient (Wildman–Crippen LogP) is 5.31. The van der Waals surface area contributed by atoms with Gasteiger partial charge in [-0.25, -0.2) is 0 Å². The summed E-state index contributed by atoms with van der Waals surface area (Å²) in [6, 6.07) is 14.3. The number of benzene rings is 2. The number of anilines is 1. The highest BCUT2D eigenvalue weighted by Gasteiger charge is 2.18. The van der Waals surface area contributed by atoms with Crippen LogP contribution in [0.2, 0.25) is 0 Å². The van der Waals surface area contributed by atoms with Gasteiger partial charge in [-0.05, 0) is 41.7 Å². The van der Waals surface area contributed by atoms with Crippen molar-refractivity contribution >= 4 is 35.1 Å². The first-order chi connectivity index (χ1) is 12.7. The summed E-state index contributed by atoms with van der Waals surface area (Å²) in [6.45, 7) is 4.22. The Morgan fingerprint density at radius 3 is 2.23 bits per heavy atom. The largest absolute Gasteiger partial charge is 0.484 e. The minimum absolute atomic E-state index is 0.0213. The van der Waals surface area contributed by atoms with Crippen LogP contribution >= 0.6 is 23.5 Å². The van der Waals surface area contributed by atoms with Crippen molar-refractivity contribution in [3.63, 3.8) is 0 Å². The number of hydrogen-bond acceptors (Lipinski definition) is 4. The summed E-state index contributed by atoms with van der Waals surface area (Å²) < 4.78 is 6.21. The number of carbonyl (C=O) groups excluding carboxylic acids is 1. The minimum atomic E-state index is -0.119. The van der Waals surface area contributed by atoms with E-state index in [0.29, 0.717) is 4.58 Å². The Hall–Kier alpha value is -1.59. The van der Waals surface area contributed by atoms with E-state index in [1.165, 1.54) is 17.1 Å². The van der Waals surface area contributed by atoms with Crippen LogP contribution in [0.1, 0.15) is 35.1 Å². The lowest BCUT2D eigenvalue weighted by atomic mass is 10.0. The standard InChI is InChI=1S/C21H25NO2S2/c1-3-15-6-5-7-16(4-2)20(15)22-19(23)14-24-18-10-8-17(9-11-18)21-25-12-13-26-21/h5-11,21H,3-4,12-14H2,1-2H3,(H,22,23). The SMILES string of the molecule is CCc1cccc(CC)c1NC(=O)COc1ccc(C2SCCS2)cc1. The molecule has 1 amide bonds. The zero-order valence-corrected chi connectivity index (χ0v) is 16.9. The molecule has 2 aromatic carbocycles. The van der Waals surface area contributed by atoms with Gasteiger partial charge < -0.3 is 10.1 Å². The second kappa shape index (κ2) is 9.38. The third-order valence-corrected chi connectivity index (χ3v) is 7.51. The van der Waals surface area contributed by atoms with Gasteiger partial charge in [0.15, 0.2) is 6.61 Å². The summed E-state index contributed by atoms with van der Waals surface area (Å²) in [6.07, 6.45) is 1.78. The van der Waals surface area contributed by atoms with E-state index >= 15 is 0 Å². The highest BCUT2D eigenvalue weighted by atomic mass is 32.2. The normalized spacial score (nSPS) is 14.4. The van der Waals surface area contributed by atoms with Crippen LogP contribution in [-0.2, 0) is 17.6 Å². The molecule has 1 saturated heterocycles. The predicted molar refractivity (Wildman–Crippen MR) is 113 cm³/mol. The average molecular weight is 388 g/mol. The fourth-order valence-corrected chi connectivity index (χ4v) is 5.86. The Kier molecular flexibility index (Phi) is 6.92. The summed E-state index contributed by atoms with van der Waals surface area (Å²) in [4.78, 5) is 12.4. The van der Waals surface area contributed by atoms with Gasteiger partial charge in [0.2, 0.25) is 0 Å². The van der Waals surface area contributed by atoms with Gasteiger partial charge >= 0.3 is 0 Å². The number of nitrogens with one attached hydrogen (secondary N) is 1. The zero-order chi connectivity index (χ0) is 18.4. The Morgan fingerprint density at radius 2 is 1.65 bits per heavy atom. The molecule has 0 aromatic heterocycles. The van der Waals surface area contributed by atoms with Crippen LogP contribution in [0.25, 0.3) is 0 Å². The molecule has 5 heteroatoms. The van der Waals surface area contributed by atoms with E-state index in [4.69, 9.17) is 4.74 Å². The van der Waals surface area contributed by atoms with Crippen molar-refractivity contribution in [2.45, 2.75) is 31.3 Å². The summed E-state index contributed by atoms with van der Waals surface area (Å²) in [7, 11) is 0. The van der Waals surface area contributed by atoms with E-state index < -0.39 is 0 Å². The summed E-state index contributed by atoms with van der Waals surface area (Å²) >= 11 is 3.97. The molecule has 0 spiro atoms. The number of amides is 1. The highest BCUT2D eigenvalue weighted by Crippen LogP contribution is 2.45. The Morgan fingerprint density at radius 1 is 1.04 bits per heavy atom. The van der Waals surface area contributed by atoms with Crippen molar-refractivity contribution in [1.82, 2.24) is 0 Å². The third kappa shape index (κ3) is 4.77. The van der Waals surface area contributed by atoms with Gasteiger partial charge in [0.1, 0.15) is 5.75 Å². The van der Waals surface area contributed by atoms with Crippen LogP contribution in [0.15, 0.2) is 42.5 Å². The lowest BCUT2D eigenvalue weighted by Crippen LogP contribution is -2.21. The first kappa shape index (κ1) is 19.2. The van der Waals surface area contributed by atoms with Crippen LogP contribution in [-0.4, -0.2) is 24.0 Å². The quantitative estimate of drug-likeness (QED) is 0.699. The summed E-state index contributed by atoms with van der Waals surface area (Å²) in [5, 5.41) is 3.04. The monoisotopic (exact) mass is 387 g/mol. The topological polar surface area (TPSA) is 38.3 Å². The van der Waals surface area contributed by atoms with E-state index in [2.05, 4.69) is 43.4 Å². The smallest absolute Gasteiger partial charge is 0.262 e. The molecule has 0 saturated carbocycles. The summed E-state index contributed by atoms with van der Waals surface area (Å²) in [5.74, 6) is 3.04. The number of ether oxygens (including phenoxy) is 1. The van der Waals surface area contributed by atoms with Gasteiger partial charge in [-0.2, -0.15) is 0 Å². The van der Waals surface area contributed by atoms with E-state index in [1.54, 1.807) is 0 Å². The molecule has 0 atom stereocenters. The number of thioether (sulfide) groups is 2. The Labute approximate surface area is 164 Å².